The van der Waals surface area contributed by atoms with Crippen LogP contribution < -0.4 is 20.1 Å². The number of aromatic nitrogens is 2. The second-order valence-electron chi connectivity index (χ2n) is 6.75. The molecule has 1 aromatic carbocycles. The van der Waals surface area contributed by atoms with Crippen LogP contribution in [0.15, 0.2) is 36.7 Å². The van der Waals surface area contributed by atoms with Crippen LogP contribution >= 0.6 is 30.5 Å². The van der Waals surface area contributed by atoms with E-state index in [0.717, 1.165) is 17.5 Å². The Morgan fingerprint density at radius 1 is 1.16 bits per heavy atom. The maximum absolute atomic E-state index is 12.7. The molecule has 3 aromatic rings. The molecule has 0 saturated carbocycles. The fourth-order valence-electron chi connectivity index (χ4n) is 2.51. The lowest BCUT2D eigenvalue weighted by atomic mass is 10.2. The van der Waals surface area contributed by atoms with E-state index < -0.39 is 13.5 Å². The van der Waals surface area contributed by atoms with E-state index >= 15 is 0 Å². The van der Waals surface area contributed by atoms with Crippen LogP contribution in [0.4, 0.5) is 5.13 Å². The summed E-state index contributed by atoms with van der Waals surface area (Å²) < 4.78 is 23.4. The van der Waals surface area contributed by atoms with Crippen LogP contribution in [0.3, 0.4) is 0 Å². The first-order valence-electron chi connectivity index (χ1n) is 8.96. The van der Waals surface area contributed by atoms with Gasteiger partial charge in [0.05, 0.1) is 17.6 Å². The van der Waals surface area contributed by atoms with Crippen molar-refractivity contribution in [1.29, 1.82) is 0 Å². The van der Waals surface area contributed by atoms with Gasteiger partial charge in [0.25, 0.3) is 5.91 Å². The zero-order chi connectivity index (χ0) is 22.8. The average Bonchev–Trinajstić information content (AvgIpc) is 3.06. The third-order valence-electron chi connectivity index (χ3n) is 3.78. The number of aryl methyl sites for hydroxylation is 1. The maximum Gasteiger partial charge on any atom is 0.357 e. The SMILES string of the molecule is Cc1cc(P(=O)(O)O)cnc1Oc1cc(OC(C)C)cc(C(=O)Nc2ncc(Cl)s2)c1. The minimum Gasteiger partial charge on any atom is -0.491 e. The molecule has 0 aliphatic carbocycles. The van der Waals surface area contributed by atoms with Crippen molar-refractivity contribution in [3.8, 4) is 17.4 Å². The van der Waals surface area contributed by atoms with Crippen molar-refractivity contribution in [3.05, 3.63) is 52.1 Å². The van der Waals surface area contributed by atoms with E-state index in [1.807, 2.05) is 13.8 Å². The summed E-state index contributed by atoms with van der Waals surface area (Å²) in [5.74, 6) is 0.364. The van der Waals surface area contributed by atoms with Gasteiger partial charge >= 0.3 is 7.60 Å². The minimum absolute atomic E-state index is 0.136. The standard InChI is InChI=1S/C19H19ClN3O6PS/c1-10(2)28-13-5-12(17(24)23-19-22-9-16(20)31-19)6-14(7-13)29-18-11(3)4-15(8-21-18)30(25,26)27/h4-10H,1-3H3,(H,22,23,24)(H2,25,26,27). The summed E-state index contributed by atoms with van der Waals surface area (Å²) in [7, 11) is -4.43. The molecule has 0 spiro atoms. The molecule has 0 unspecified atom stereocenters. The van der Waals surface area contributed by atoms with Crippen LogP contribution in [0, 0.1) is 6.92 Å². The van der Waals surface area contributed by atoms with E-state index in [4.69, 9.17) is 21.1 Å². The molecule has 1 amide bonds. The van der Waals surface area contributed by atoms with Crippen LogP contribution in [-0.4, -0.2) is 31.8 Å². The van der Waals surface area contributed by atoms with Gasteiger partial charge in [-0.25, -0.2) is 9.97 Å². The summed E-state index contributed by atoms with van der Waals surface area (Å²) in [5, 5.41) is 2.79. The summed E-state index contributed by atoms with van der Waals surface area (Å²) >= 11 is 6.97. The van der Waals surface area contributed by atoms with Crippen molar-refractivity contribution < 1.29 is 28.6 Å². The van der Waals surface area contributed by atoms with Gasteiger partial charge < -0.3 is 19.3 Å². The van der Waals surface area contributed by atoms with E-state index in [0.29, 0.717) is 20.8 Å². The lowest BCUT2D eigenvalue weighted by molar-refractivity contribution is 0.102. The maximum atomic E-state index is 12.7. The van der Waals surface area contributed by atoms with Crippen molar-refractivity contribution in [2.24, 2.45) is 0 Å². The molecule has 3 rings (SSSR count). The van der Waals surface area contributed by atoms with Gasteiger partial charge in [-0.05, 0) is 39.0 Å². The molecule has 0 saturated heterocycles. The number of hydrogen-bond donors (Lipinski definition) is 3. The summed E-state index contributed by atoms with van der Waals surface area (Å²) in [6.07, 6.45) is 2.34. The highest BCUT2D eigenvalue weighted by Gasteiger charge is 2.20. The Kier molecular flexibility index (Phi) is 6.98. The van der Waals surface area contributed by atoms with Crippen LogP contribution in [0.5, 0.6) is 17.4 Å². The lowest BCUT2D eigenvalue weighted by Crippen LogP contribution is -2.13. The van der Waals surface area contributed by atoms with Gasteiger partial charge in [-0.3, -0.25) is 14.7 Å². The topological polar surface area (TPSA) is 131 Å². The number of pyridine rings is 1. The van der Waals surface area contributed by atoms with Gasteiger partial charge in [0.1, 0.15) is 15.8 Å². The smallest absolute Gasteiger partial charge is 0.357 e. The summed E-state index contributed by atoms with van der Waals surface area (Å²) in [5.41, 5.74) is 0.670. The molecule has 3 N–H and O–H groups in total. The van der Waals surface area contributed by atoms with Crippen molar-refractivity contribution in [2.75, 3.05) is 5.32 Å². The second kappa shape index (κ2) is 9.33. The molecule has 0 atom stereocenters. The number of thiazole rings is 1. The summed E-state index contributed by atoms with van der Waals surface area (Å²) in [6.45, 7) is 5.30. The van der Waals surface area contributed by atoms with Gasteiger partial charge in [-0.15, -0.1) is 0 Å². The first-order chi connectivity index (χ1) is 14.5. The number of nitrogens with zero attached hydrogens (tertiary/aromatic N) is 2. The molecular weight excluding hydrogens is 465 g/mol. The minimum atomic E-state index is -4.43. The van der Waals surface area contributed by atoms with Gasteiger partial charge in [-0.1, -0.05) is 22.9 Å². The Bertz CT molecular complexity index is 1160. The normalized spacial score (nSPS) is 11.5. The first kappa shape index (κ1) is 23.2. The van der Waals surface area contributed by atoms with E-state index in [9.17, 15) is 19.1 Å². The van der Waals surface area contributed by atoms with Crippen molar-refractivity contribution >= 4 is 46.9 Å². The molecule has 12 heteroatoms. The fourth-order valence-corrected chi connectivity index (χ4v) is 3.89. The molecule has 0 bridgehead atoms. The number of carbonyl (C=O) groups excluding carboxylic acids is 1. The Balaban J connectivity index is 1.91. The van der Waals surface area contributed by atoms with Crippen molar-refractivity contribution in [1.82, 2.24) is 9.97 Å². The number of halogens is 1. The number of ether oxygens (including phenoxy) is 2. The zero-order valence-corrected chi connectivity index (χ0v) is 19.2. The van der Waals surface area contributed by atoms with Crippen LogP contribution in [0.25, 0.3) is 0 Å². The Hall–Kier alpha value is -2.49. The van der Waals surface area contributed by atoms with Crippen LogP contribution in [0.2, 0.25) is 4.34 Å². The van der Waals surface area contributed by atoms with Crippen molar-refractivity contribution in [3.63, 3.8) is 0 Å². The Morgan fingerprint density at radius 2 is 1.87 bits per heavy atom. The molecule has 0 aliphatic heterocycles. The molecular formula is C19H19ClN3O6PS. The highest BCUT2D eigenvalue weighted by molar-refractivity contribution is 7.60. The molecule has 2 aromatic heterocycles. The monoisotopic (exact) mass is 483 g/mol. The molecule has 0 fully saturated rings. The largest absolute Gasteiger partial charge is 0.491 e. The quantitative estimate of drug-likeness (QED) is 0.427. The molecule has 0 aliphatic rings. The number of rotatable bonds is 7. The van der Waals surface area contributed by atoms with Crippen LogP contribution in [0.1, 0.15) is 29.8 Å². The number of anilines is 1. The molecule has 164 valence electrons. The van der Waals surface area contributed by atoms with E-state index in [2.05, 4.69) is 15.3 Å². The zero-order valence-electron chi connectivity index (χ0n) is 16.7. The number of hydrogen-bond acceptors (Lipinski definition) is 7. The molecule has 0 radical (unpaired) electrons. The van der Waals surface area contributed by atoms with E-state index in [1.165, 1.54) is 18.3 Å². The van der Waals surface area contributed by atoms with Crippen molar-refractivity contribution in [2.45, 2.75) is 26.9 Å². The van der Waals surface area contributed by atoms with Gasteiger partial charge in [0, 0.05) is 23.4 Å². The van der Waals surface area contributed by atoms with Gasteiger partial charge in [0.2, 0.25) is 5.88 Å². The van der Waals surface area contributed by atoms with E-state index in [1.54, 1.807) is 19.1 Å². The molecule has 2 heterocycles. The van der Waals surface area contributed by atoms with Gasteiger partial charge in [0.15, 0.2) is 5.13 Å². The highest BCUT2D eigenvalue weighted by atomic mass is 35.5. The fraction of sp³-hybridized carbons (Fsp3) is 0.211. The van der Waals surface area contributed by atoms with E-state index in [-0.39, 0.29) is 28.6 Å². The Labute approximate surface area is 187 Å². The second-order valence-corrected chi connectivity index (χ2v) is 10.0. The summed E-state index contributed by atoms with van der Waals surface area (Å²) in [4.78, 5) is 39.3. The third-order valence-corrected chi connectivity index (χ3v) is 5.73. The first-order valence-corrected chi connectivity index (χ1v) is 11.8. The Morgan fingerprint density at radius 3 is 2.45 bits per heavy atom. The highest BCUT2D eigenvalue weighted by Crippen LogP contribution is 2.35. The lowest BCUT2D eigenvalue weighted by Gasteiger charge is -2.14. The number of amides is 1. The molecule has 9 nitrogen and oxygen atoms in total. The predicted molar refractivity (Wildman–Crippen MR) is 118 cm³/mol. The third kappa shape index (κ3) is 6.25. The molecule has 31 heavy (non-hydrogen) atoms. The summed E-state index contributed by atoms with van der Waals surface area (Å²) in [6, 6.07) is 5.96. The number of nitrogens with one attached hydrogen (secondary N) is 1. The van der Waals surface area contributed by atoms with Crippen LogP contribution in [-0.2, 0) is 4.57 Å². The number of carbonyl (C=O) groups is 1. The average molecular weight is 484 g/mol. The number of benzene rings is 1. The van der Waals surface area contributed by atoms with Gasteiger partial charge in [-0.2, -0.15) is 0 Å². The predicted octanol–water partition coefficient (Wildman–Crippen LogP) is 4.13.